The molecule has 4 nitrogen and oxygen atoms in total. The first kappa shape index (κ1) is 15.0. The average Bonchev–Trinajstić information content (AvgIpc) is 2.23. The maximum atomic E-state index is 11.7. The second kappa shape index (κ2) is 6.77. The van der Waals surface area contributed by atoms with Crippen molar-refractivity contribution in [2.45, 2.75) is 12.8 Å². The number of anilines is 1. The Morgan fingerprint density at radius 3 is 2.71 bits per heavy atom. The lowest BCUT2D eigenvalue weighted by molar-refractivity contribution is 0.287. The van der Waals surface area contributed by atoms with Crippen LogP contribution in [0.15, 0.2) is 18.2 Å². The SMILES string of the molecule is O=S(=O)(CCCCO)Nc1cc(I)ccc1Cl. The molecule has 0 amide bonds. The summed E-state index contributed by atoms with van der Waals surface area (Å²) in [5.41, 5.74) is 0.391. The topological polar surface area (TPSA) is 66.4 Å². The number of benzene rings is 1. The lowest BCUT2D eigenvalue weighted by Gasteiger charge is -2.09. The van der Waals surface area contributed by atoms with Crippen molar-refractivity contribution in [2.75, 3.05) is 17.1 Å². The lowest BCUT2D eigenvalue weighted by Crippen LogP contribution is -2.17. The summed E-state index contributed by atoms with van der Waals surface area (Å²) in [5, 5.41) is 8.97. The molecule has 17 heavy (non-hydrogen) atoms. The van der Waals surface area contributed by atoms with E-state index in [0.717, 1.165) is 3.57 Å². The van der Waals surface area contributed by atoms with Crippen LogP contribution in [0.2, 0.25) is 5.02 Å². The van der Waals surface area contributed by atoms with Crippen molar-refractivity contribution in [3.63, 3.8) is 0 Å². The Labute approximate surface area is 120 Å². The van der Waals surface area contributed by atoms with Crippen molar-refractivity contribution in [1.82, 2.24) is 0 Å². The van der Waals surface area contributed by atoms with Gasteiger partial charge < -0.3 is 5.11 Å². The quantitative estimate of drug-likeness (QED) is 0.580. The molecule has 0 spiro atoms. The van der Waals surface area contributed by atoms with Gasteiger partial charge in [0.05, 0.1) is 16.5 Å². The summed E-state index contributed by atoms with van der Waals surface area (Å²) in [7, 11) is -3.40. The molecule has 0 heterocycles. The number of aliphatic hydroxyl groups is 1. The van der Waals surface area contributed by atoms with Crippen LogP contribution in [0, 0.1) is 3.57 Å². The molecule has 2 N–H and O–H groups in total. The van der Waals surface area contributed by atoms with Crippen molar-refractivity contribution >= 4 is 49.9 Å². The molecule has 96 valence electrons. The van der Waals surface area contributed by atoms with Crippen molar-refractivity contribution in [3.8, 4) is 0 Å². The van der Waals surface area contributed by atoms with Gasteiger partial charge in [0.25, 0.3) is 0 Å². The highest BCUT2D eigenvalue weighted by Crippen LogP contribution is 2.24. The van der Waals surface area contributed by atoms with E-state index in [1.165, 1.54) is 0 Å². The normalized spacial score (nSPS) is 11.5. The van der Waals surface area contributed by atoms with Gasteiger partial charge in [-0.2, -0.15) is 0 Å². The second-order valence-electron chi connectivity index (χ2n) is 3.48. The highest BCUT2D eigenvalue weighted by atomic mass is 127. The van der Waals surface area contributed by atoms with E-state index in [2.05, 4.69) is 27.3 Å². The van der Waals surface area contributed by atoms with E-state index in [1.807, 2.05) is 0 Å². The zero-order chi connectivity index (χ0) is 12.9. The third kappa shape index (κ3) is 5.41. The summed E-state index contributed by atoms with van der Waals surface area (Å²) >= 11 is 7.98. The molecule has 0 fully saturated rings. The van der Waals surface area contributed by atoms with E-state index in [-0.39, 0.29) is 12.4 Å². The second-order valence-corrected chi connectivity index (χ2v) is 6.97. The van der Waals surface area contributed by atoms with Gasteiger partial charge in [0.15, 0.2) is 0 Å². The van der Waals surface area contributed by atoms with Gasteiger partial charge in [-0.05, 0) is 53.6 Å². The molecule has 0 atom stereocenters. The smallest absolute Gasteiger partial charge is 0.232 e. The van der Waals surface area contributed by atoms with Gasteiger partial charge in [-0.3, -0.25) is 4.72 Å². The molecule has 0 bridgehead atoms. The molecule has 0 aliphatic rings. The third-order valence-corrected chi connectivity index (χ3v) is 4.37. The minimum absolute atomic E-state index is 0.000484. The first-order valence-electron chi connectivity index (χ1n) is 5.01. The fourth-order valence-corrected chi connectivity index (χ4v) is 3.10. The van der Waals surface area contributed by atoms with Crippen molar-refractivity contribution in [1.29, 1.82) is 0 Å². The highest BCUT2D eigenvalue weighted by molar-refractivity contribution is 14.1. The number of unbranched alkanes of at least 4 members (excludes halogenated alkanes) is 1. The summed E-state index contributed by atoms with van der Waals surface area (Å²) in [6.45, 7) is -0.000484. The molecule has 7 heteroatoms. The van der Waals surface area contributed by atoms with E-state index in [0.29, 0.717) is 23.6 Å². The fraction of sp³-hybridized carbons (Fsp3) is 0.400. The molecule has 0 unspecified atom stereocenters. The number of sulfonamides is 1. The molecular formula is C10H13ClINO3S. The molecule has 1 rings (SSSR count). The summed E-state index contributed by atoms with van der Waals surface area (Å²) in [6, 6.07) is 5.12. The monoisotopic (exact) mass is 389 g/mol. The van der Waals surface area contributed by atoms with Crippen LogP contribution in [0.1, 0.15) is 12.8 Å². The minimum Gasteiger partial charge on any atom is -0.396 e. The number of rotatable bonds is 6. The summed E-state index contributed by atoms with van der Waals surface area (Å²) < 4.78 is 26.7. The van der Waals surface area contributed by atoms with Gasteiger partial charge in [0, 0.05) is 10.2 Å². The van der Waals surface area contributed by atoms with Crippen LogP contribution in [-0.4, -0.2) is 25.9 Å². The maximum Gasteiger partial charge on any atom is 0.232 e. The zero-order valence-electron chi connectivity index (χ0n) is 8.99. The number of aliphatic hydroxyl groups excluding tert-OH is 1. The molecular weight excluding hydrogens is 377 g/mol. The Morgan fingerprint density at radius 2 is 2.06 bits per heavy atom. The number of nitrogens with one attached hydrogen (secondary N) is 1. The van der Waals surface area contributed by atoms with Crippen LogP contribution >= 0.6 is 34.2 Å². The third-order valence-electron chi connectivity index (χ3n) is 2.02. The Kier molecular flexibility index (Phi) is 5.98. The molecule has 1 aromatic rings. The first-order chi connectivity index (χ1) is 7.94. The van der Waals surface area contributed by atoms with E-state index in [4.69, 9.17) is 16.7 Å². The standard InChI is InChI=1S/C10H13ClINO3S/c11-9-4-3-8(12)7-10(9)13-17(15,16)6-2-1-5-14/h3-4,7,13-14H,1-2,5-6H2. The van der Waals surface area contributed by atoms with E-state index in [9.17, 15) is 8.42 Å². The Balaban J connectivity index is 2.72. The number of halogens is 2. The summed E-state index contributed by atoms with van der Waals surface area (Å²) in [4.78, 5) is 0. The molecule has 0 radical (unpaired) electrons. The van der Waals surface area contributed by atoms with Crippen LogP contribution in [0.4, 0.5) is 5.69 Å². The van der Waals surface area contributed by atoms with Crippen LogP contribution in [0.25, 0.3) is 0 Å². The Morgan fingerprint density at radius 1 is 1.35 bits per heavy atom. The van der Waals surface area contributed by atoms with Gasteiger partial charge in [0.2, 0.25) is 10.0 Å². The van der Waals surface area contributed by atoms with Crippen LogP contribution < -0.4 is 4.72 Å². The summed E-state index contributed by atoms with van der Waals surface area (Å²) in [5.74, 6) is -0.0185. The molecule has 1 aromatic carbocycles. The molecule has 0 aliphatic carbocycles. The van der Waals surface area contributed by atoms with E-state index in [1.54, 1.807) is 18.2 Å². The van der Waals surface area contributed by atoms with Gasteiger partial charge in [-0.15, -0.1) is 0 Å². The molecule has 0 aliphatic heterocycles. The highest BCUT2D eigenvalue weighted by Gasteiger charge is 2.12. The van der Waals surface area contributed by atoms with Crippen LogP contribution in [0.5, 0.6) is 0 Å². The zero-order valence-corrected chi connectivity index (χ0v) is 12.7. The van der Waals surface area contributed by atoms with Crippen LogP contribution in [-0.2, 0) is 10.0 Å². The van der Waals surface area contributed by atoms with E-state index < -0.39 is 10.0 Å². The Bertz CT molecular complexity index is 478. The van der Waals surface area contributed by atoms with Crippen molar-refractivity contribution in [3.05, 3.63) is 26.8 Å². The van der Waals surface area contributed by atoms with E-state index >= 15 is 0 Å². The van der Waals surface area contributed by atoms with Crippen LogP contribution in [0.3, 0.4) is 0 Å². The molecule has 0 aromatic heterocycles. The van der Waals surface area contributed by atoms with Gasteiger partial charge in [0.1, 0.15) is 0 Å². The first-order valence-corrected chi connectivity index (χ1v) is 8.12. The predicted molar refractivity (Wildman–Crippen MR) is 77.9 cm³/mol. The Hall–Kier alpha value is -0.0500. The van der Waals surface area contributed by atoms with Gasteiger partial charge in [-0.25, -0.2) is 8.42 Å². The largest absolute Gasteiger partial charge is 0.396 e. The van der Waals surface area contributed by atoms with Gasteiger partial charge in [-0.1, -0.05) is 11.6 Å². The van der Waals surface area contributed by atoms with Gasteiger partial charge >= 0.3 is 0 Å². The fourth-order valence-electron chi connectivity index (χ4n) is 1.20. The predicted octanol–water partition coefficient (Wildman–Crippen LogP) is 2.46. The summed E-state index contributed by atoms with van der Waals surface area (Å²) in [6.07, 6.45) is 0.897. The molecule has 0 saturated heterocycles. The van der Waals surface area contributed by atoms with Crippen molar-refractivity contribution in [2.24, 2.45) is 0 Å². The minimum atomic E-state index is -3.40. The average molecular weight is 390 g/mol. The van der Waals surface area contributed by atoms with Crippen molar-refractivity contribution < 1.29 is 13.5 Å². The lowest BCUT2D eigenvalue weighted by atomic mass is 10.3. The molecule has 0 saturated carbocycles. The maximum absolute atomic E-state index is 11.7. The number of hydrogen-bond acceptors (Lipinski definition) is 3. The number of hydrogen-bond donors (Lipinski definition) is 2.